The predicted molar refractivity (Wildman–Crippen MR) is 78.1 cm³/mol. The molecule has 100 valence electrons. The molecule has 2 aromatic heterocycles. The van der Waals surface area contributed by atoms with Gasteiger partial charge in [0.05, 0.1) is 5.69 Å². The Bertz CT molecular complexity index is 831. The molecule has 0 aliphatic carbocycles. The maximum Gasteiger partial charge on any atom is 0.272 e. The predicted octanol–water partition coefficient (Wildman–Crippen LogP) is 2.63. The van der Waals surface area contributed by atoms with Crippen molar-refractivity contribution in [2.75, 3.05) is 5.43 Å². The fourth-order valence-electron chi connectivity index (χ4n) is 1.93. The minimum Gasteiger partial charge on any atom is -0.493 e. The van der Waals surface area contributed by atoms with E-state index in [0.29, 0.717) is 21.5 Å². The SMILES string of the molecule is O=c1cc2ccc(Cl)cc2c(O)n1Nc1ccncc1. The highest BCUT2D eigenvalue weighted by Crippen LogP contribution is 2.25. The number of nitrogens with one attached hydrogen (secondary N) is 1. The number of fused-ring (bicyclic) bond motifs is 1. The van der Waals surface area contributed by atoms with E-state index in [1.165, 1.54) is 6.07 Å². The van der Waals surface area contributed by atoms with Gasteiger partial charge in [-0.3, -0.25) is 15.2 Å². The Morgan fingerprint density at radius 1 is 1.15 bits per heavy atom. The summed E-state index contributed by atoms with van der Waals surface area (Å²) in [4.78, 5) is 15.9. The zero-order valence-electron chi connectivity index (χ0n) is 10.2. The van der Waals surface area contributed by atoms with Crippen molar-refractivity contribution in [2.24, 2.45) is 0 Å². The molecule has 2 heterocycles. The second-order valence-corrected chi connectivity index (χ2v) is 4.66. The Morgan fingerprint density at radius 3 is 2.65 bits per heavy atom. The minimum absolute atomic E-state index is 0.188. The summed E-state index contributed by atoms with van der Waals surface area (Å²) < 4.78 is 1.06. The Morgan fingerprint density at radius 2 is 1.90 bits per heavy atom. The highest BCUT2D eigenvalue weighted by atomic mass is 35.5. The summed E-state index contributed by atoms with van der Waals surface area (Å²) in [6.07, 6.45) is 3.17. The van der Waals surface area contributed by atoms with Crippen molar-refractivity contribution in [1.82, 2.24) is 9.66 Å². The number of halogens is 1. The first-order valence-corrected chi connectivity index (χ1v) is 6.24. The van der Waals surface area contributed by atoms with E-state index in [1.807, 2.05) is 0 Å². The number of aromatic nitrogens is 2. The fraction of sp³-hybridized carbons (Fsp3) is 0. The van der Waals surface area contributed by atoms with Crippen molar-refractivity contribution >= 4 is 28.1 Å². The van der Waals surface area contributed by atoms with Crippen molar-refractivity contribution in [1.29, 1.82) is 0 Å². The van der Waals surface area contributed by atoms with Gasteiger partial charge in [0.15, 0.2) is 0 Å². The molecule has 2 N–H and O–H groups in total. The van der Waals surface area contributed by atoms with Gasteiger partial charge in [0, 0.05) is 28.9 Å². The third-order valence-electron chi connectivity index (χ3n) is 2.89. The lowest BCUT2D eigenvalue weighted by molar-refractivity contribution is 0.435. The number of hydrogen-bond acceptors (Lipinski definition) is 4. The lowest BCUT2D eigenvalue weighted by atomic mass is 10.2. The number of aromatic hydroxyl groups is 1. The summed E-state index contributed by atoms with van der Waals surface area (Å²) in [5.74, 6) is -0.188. The summed E-state index contributed by atoms with van der Waals surface area (Å²) in [5.41, 5.74) is 3.09. The van der Waals surface area contributed by atoms with Crippen LogP contribution in [0.25, 0.3) is 10.8 Å². The van der Waals surface area contributed by atoms with Crippen LogP contribution in [-0.4, -0.2) is 14.8 Å². The second-order valence-electron chi connectivity index (χ2n) is 4.22. The Labute approximate surface area is 119 Å². The topological polar surface area (TPSA) is 67.2 Å². The second kappa shape index (κ2) is 4.86. The van der Waals surface area contributed by atoms with E-state index in [1.54, 1.807) is 42.7 Å². The first-order valence-electron chi connectivity index (χ1n) is 5.86. The van der Waals surface area contributed by atoms with Gasteiger partial charge in [-0.15, -0.1) is 0 Å². The smallest absolute Gasteiger partial charge is 0.272 e. The molecule has 0 aliphatic heterocycles. The van der Waals surface area contributed by atoms with Crippen LogP contribution in [0, 0.1) is 0 Å². The third kappa shape index (κ3) is 2.19. The molecule has 0 spiro atoms. The first kappa shape index (κ1) is 12.5. The quantitative estimate of drug-likeness (QED) is 0.760. The lowest BCUT2D eigenvalue weighted by Crippen LogP contribution is -2.25. The number of nitrogens with zero attached hydrogens (tertiary/aromatic N) is 2. The van der Waals surface area contributed by atoms with E-state index >= 15 is 0 Å². The van der Waals surface area contributed by atoms with Crippen LogP contribution in [0.15, 0.2) is 53.6 Å². The van der Waals surface area contributed by atoms with Gasteiger partial charge in [0.25, 0.3) is 5.56 Å². The average Bonchev–Trinajstić information content (AvgIpc) is 2.46. The van der Waals surface area contributed by atoms with Crippen LogP contribution < -0.4 is 11.0 Å². The highest BCUT2D eigenvalue weighted by Gasteiger charge is 2.09. The molecule has 3 rings (SSSR count). The number of rotatable bonds is 2. The first-order chi connectivity index (χ1) is 9.65. The van der Waals surface area contributed by atoms with Gasteiger partial charge in [-0.1, -0.05) is 17.7 Å². The molecule has 0 saturated carbocycles. The molecule has 20 heavy (non-hydrogen) atoms. The van der Waals surface area contributed by atoms with Gasteiger partial charge in [-0.05, 0) is 29.7 Å². The van der Waals surface area contributed by atoms with Crippen LogP contribution in [0.5, 0.6) is 5.88 Å². The summed E-state index contributed by atoms with van der Waals surface area (Å²) >= 11 is 5.92. The molecule has 0 unspecified atom stereocenters. The fourth-order valence-corrected chi connectivity index (χ4v) is 2.11. The zero-order valence-corrected chi connectivity index (χ0v) is 11.0. The van der Waals surface area contributed by atoms with Crippen LogP contribution in [-0.2, 0) is 0 Å². The van der Waals surface area contributed by atoms with Crippen LogP contribution in [0.1, 0.15) is 0 Å². The van der Waals surface area contributed by atoms with Crippen LogP contribution >= 0.6 is 11.6 Å². The standard InChI is InChI=1S/C14H10ClN3O2/c15-10-2-1-9-7-13(19)18(14(20)12(9)8-10)17-11-3-5-16-6-4-11/h1-8,20H,(H,16,17). The molecule has 1 aromatic carbocycles. The van der Waals surface area contributed by atoms with Gasteiger partial charge >= 0.3 is 0 Å². The molecule has 0 radical (unpaired) electrons. The molecular formula is C14H10ClN3O2. The van der Waals surface area contributed by atoms with Crippen LogP contribution in [0.2, 0.25) is 5.02 Å². The Kier molecular flexibility index (Phi) is 3.04. The summed E-state index contributed by atoms with van der Waals surface area (Å²) in [7, 11) is 0. The Balaban J connectivity index is 2.18. The number of hydrogen-bond donors (Lipinski definition) is 2. The maximum absolute atomic E-state index is 12.0. The molecule has 0 aliphatic rings. The largest absolute Gasteiger partial charge is 0.493 e. The van der Waals surface area contributed by atoms with Gasteiger partial charge in [-0.25, -0.2) is 0 Å². The van der Waals surface area contributed by atoms with Gasteiger partial charge < -0.3 is 5.11 Å². The molecule has 0 amide bonds. The summed E-state index contributed by atoms with van der Waals surface area (Å²) in [6.45, 7) is 0. The molecule has 0 bridgehead atoms. The number of benzene rings is 1. The van der Waals surface area contributed by atoms with E-state index in [4.69, 9.17) is 11.6 Å². The van der Waals surface area contributed by atoms with Crippen molar-refractivity contribution in [3.8, 4) is 5.88 Å². The van der Waals surface area contributed by atoms with E-state index in [2.05, 4.69) is 10.4 Å². The summed E-state index contributed by atoms with van der Waals surface area (Å²) in [5, 5.41) is 11.9. The zero-order chi connectivity index (χ0) is 14.1. The number of pyridine rings is 2. The molecular weight excluding hydrogens is 278 g/mol. The van der Waals surface area contributed by atoms with Gasteiger partial charge in [-0.2, -0.15) is 4.68 Å². The molecule has 0 atom stereocenters. The Hall–Kier alpha value is -2.53. The van der Waals surface area contributed by atoms with Crippen LogP contribution in [0.4, 0.5) is 5.69 Å². The molecule has 6 heteroatoms. The van der Waals surface area contributed by atoms with E-state index < -0.39 is 0 Å². The number of anilines is 1. The molecule has 0 saturated heterocycles. The van der Waals surface area contributed by atoms with E-state index in [9.17, 15) is 9.90 Å². The normalized spacial score (nSPS) is 10.7. The van der Waals surface area contributed by atoms with Crippen LogP contribution in [0.3, 0.4) is 0 Å². The molecule has 5 nitrogen and oxygen atoms in total. The third-order valence-corrected chi connectivity index (χ3v) is 3.12. The molecule has 0 fully saturated rings. The minimum atomic E-state index is -0.367. The van der Waals surface area contributed by atoms with Crippen molar-refractivity contribution < 1.29 is 5.11 Å². The highest BCUT2D eigenvalue weighted by molar-refractivity contribution is 6.31. The monoisotopic (exact) mass is 287 g/mol. The van der Waals surface area contributed by atoms with E-state index in [-0.39, 0.29) is 11.4 Å². The van der Waals surface area contributed by atoms with Crippen molar-refractivity contribution in [3.05, 3.63) is 64.2 Å². The van der Waals surface area contributed by atoms with Gasteiger partial charge in [0.1, 0.15) is 0 Å². The lowest BCUT2D eigenvalue weighted by Gasteiger charge is -2.13. The van der Waals surface area contributed by atoms with Gasteiger partial charge in [0.2, 0.25) is 5.88 Å². The average molecular weight is 288 g/mol. The van der Waals surface area contributed by atoms with Crippen molar-refractivity contribution in [3.63, 3.8) is 0 Å². The van der Waals surface area contributed by atoms with Crippen molar-refractivity contribution in [2.45, 2.75) is 0 Å². The summed E-state index contributed by atoms with van der Waals surface area (Å²) in [6, 6.07) is 9.77. The van der Waals surface area contributed by atoms with E-state index in [0.717, 1.165) is 4.68 Å². The maximum atomic E-state index is 12.0. The molecule has 3 aromatic rings.